The Kier molecular flexibility index (Phi) is 4.45. The van der Waals surface area contributed by atoms with E-state index in [2.05, 4.69) is 15.5 Å². The number of anilines is 1. The van der Waals surface area contributed by atoms with E-state index in [-0.39, 0.29) is 12.3 Å². The molecule has 0 aliphatic heterocycles. The van der Waals surface area contributed by atoms with Crippen molar-refractivity contribution < 1.29 is 9.32 Å². The number of benzene rings is 2. The number of carbonyl (C=O) groups is 1. The van der Waals surface area contributed by atoms with Crippen LogP contribution in [0.3, 0.4) is 0 Å². The molecule has 2 heterocycles. The standard InChI is InChI=1S/C19H16N4O2S/c1-23-11-10-20-19(23)26-14-8-6-13(7-9-14)21-18(24)12-16-15-4-2-3-5-17(15)25-22-16/h2-11H,12H2,1H3,(H,21,24). The van der Waals surface area contributed by atoms with Crippen LogP contribution >= 0.6 is 11.8 Å². The molecular formula is C19H16N4O2S. The Labute approximate surface area is 154 Å². The zero-order valence-corrected chi connectivity index (χ0v) is 14.9. The van der Waals surface area contributed by atoms with Crippen molar-refractivity contribution in [3.8, 4) is 0 Å². The summed E-state index contributed by atoms with van der Waals surface area (Å²) in [4.78, 5) is 17.6. The molecule has 2 aromatic carbocycles. The highest BCUT2D eigenvalue weighted by atomic mass is 32.2. The number of fused-ring (bicyclic) bond motifs is 1. The summed E-state index contributed by atoms with van der Waals surface area (Å²) in [7, 11) is 1.96. The van der Waals surface area contributed by atoms with E-state index in [1.165, 1.54) is 0 Å². The molecule has 0 unspecified atom stereocenters. The van der Waals surface area contributed by atoms with Gasteiger partial charge in [-0.15, -0.1) is 0 Å². The average Bonchev–Trinajstić information content (AvgIpc) is 3.23. The maximum absolute atomic E-state index is 12.3. The minimum absolute atomic E-state index is 0.131. The molecule has 0 fully saturated rings. The van der Waals surface area contributed by atoms with E-state index in [9.17, 15) is 4.79 Å². The van der Waals surface area contributed by atoms with Crippen LogP contribution in [0.25, 0.3) is 11.0 Å². The number of imidazole rings is 1. The maximum atomic E-state index is 12.3. The zero-order valence-electron chi connectivity index (χ0n) is 14.0. The van der Waals surface area contributed by atoms with E-state index in [0.717, 1.165) is 21.1 Å². The van der Waals surface area contributed by atoms with Gasteiger partial charge in [0, 0.05) is 35.4 Å². The molecule has 130 valence electrons. The van der Waals surface area contributed by atoms with Crippen molar-refractivity contribution in [3.05, 3.63) is 66.6 Å². The monoisotopic (exact) mass is 364 g/mol. The Balaban J connectivity index is 1.40. The summed E-state index contributed by atoms with van der Waals surface area (Å²) < 4.78 is 7.20. The van der Waals surface area contributed by atoms with Gasteiger partial charge in [0.15, 0.2) is 10.7 Å². The maximum Gasteiger partial charge on any atom is 0.230 e. The Morgan fingerprint density at radius 1 is 1.19 bits per heavy atom. The summed E-state index contributed by atoms with van der Waals surface area (Å²) in [5.41, 5.74) is 2.07. The van der Waals surface area contributed by atoms with Crippen molar-refractivity contribution in [3.63, 3.8) is 0 Å². The van der Waals surface area contributed by atoms with Crippen molar-refractivity contribution in [2.45, 2.75) is 16.5 Å². The second-order valence-electron chi connectivity index (χ2n) is 5.80. The van der Waals surface area contributed by atoms with Crippen LogP contribution in [0.15, 0.2) is 75.5 Å². The lowest BCUT2D eigenvalue weighted by Crippen LogP contribution is -2.14. The van der Waals surface area contributed by atoms with Crippen LogP contribution in [0.1, 0.15) is 5.69 Å². The van der Waals surface area contributed by atoms with E-state index in [0.29, 0.717) is 11.3 Å². The molecule has 4 aromatic rings. The number of hydrogen-bond acceptors (Lipinski definition) is 5. The Hall–Kier alpha value is -3.06. The first-order chi connectivity index (χ1) is 12.7. The molecule has 1 N–H and O–H groups in total. The predicted octanol–water partition coefficient (Wildman–Crippen LogP) is 3.89. The van der Waals surface area contributed by atoms with Gasteiger partial charge in [-0.05, 0) is 36.4 Å². The second-order valence-corrected chi connectivity index (χ2v) is 6.84. The average molecular weight is 364 g/mol. The van der Waals surface area contributed by atoms with Gasteiger partial charge in [-0.3, -0.25) is 4.79 Å². The molecule has 0 atom stereocenters. The third kappa shape index (κ3) is 3.48. The highest BCUT2D eigenvalue weighted by molar-refractivity contribution is 7.99. The molecule has 0 saturated carbocycles. The van der Waals surface area contributed by atoms with Gasteiger partial charge in [0.1, 0.15) is 5.69 Å². The molecule has 0 spiro atoms. The van der Waals surface area contributed by atoms with Crippen molar-refractivity contribution in [1.82, 2.24) is 14.7 Å². The summed E-state index contributed by atoms with van der Waals surface area (Å²) in [6.07, 6.45) is 3.84. The number of rotatable bonds is 5. The number of carbonyl (C=O) groups excluding carboxylic acids is 1. The number of nitrogens with zero attached hydrogens (tertiary/aromatic N) is 3. The molecule has 7 heteroatoms. The lowest BCUT2D eigenvalue weighted by molar-refractivity contribution is -0.115. The quantitative estimate of drug-likeness (QED) is 0.581. The molecule has 0 saturated heterocycles. The van der Waals surface area contributed by atoms with Gasteiger partial charge in [-0.25, -0.2) is 4.98 Å². The van der Waals surface area contributed by atoms with Crippen molar-refractivity contribution >= 4 is 34.3 Å². The molecule has 2 aromatic heterocycles. The third-order valence-electron chi connectivity index (χ3n) is 3.90. The Bertz CT molecular complexity index is 1050. The minimum atomic E-state index is -0.131. The predicted molar refractivity (Wildman–Crippen MR) is 100 cm³/mol. The van der Waals surface area contributed by atoms with Gasteiger partial charge in [-0.2, -0.15) is 0 Å². The van der Waals surface area contributed by atoms with Gasteiger partial charge in [0.2, 0.25) is 5.91 Å². The van der Waals surface area contributed by atoms with Gasteiger partial charge >= 0.3 is 0 Å². The van der Waals surface area contributed by atoms with Gasteiger partial charge < -0.3 is 14.4 Å². The first-order valence-electron chi connectivity index (χ1n) is 8.07. The molecule has 0 aliphatic carbocycles. The third-order valence-corrected chi connectivity index (χ3v) is 4.99. The van der Waals surface area contributed by atoms with E-state index in [1.807, 2.05) is 66.3 Å². The lowest BCUT2D eigenvalue weighted by Gasteiger charge is -2.06. The van der Waals surface area contributed by atoms with Crippen LogP contribution in [0.4, 0.5) is 5.69 Å². The van der Waals surface area contributed by atoms with E-state index in [1.54, 1.807) is 18.0 Å². The van der Waals surface area contributed by atoms with Crippen molar-refractivity contribution in [1.29, 1.82) is 0 Å². The van der Waals surface area contributed by atoms with Crippen LogP contribution in [0.5, 0.6) is 0 Å². The molecule has 0 aliphatic rings. The summed E-state index contributed by atoms with van der Waals surface area (Å²) in [5.74, 6) is -0.131. The van der Waals surface area contributed by atoms with Crippen LogP contribution < -0.4 is 5.32 Å². The molecule has 1 amide bonds. The van der Waals surface area contributed by atoms with Crippen LogP contribution in [-0.4, -0.2) is 20.6 Å². The largest absolute Gasteiger partial charge is 0.356 e. The summed E-state index contributed by atoms with van der Waals surface area (Å²) >= 11 is 1.57. The Morgan fingerprint density at radius 2 is 2.00 bits per heavy atom. The SMILES string of the molecule is Cn1ccnc1Sc1ccc(NC(=O)Cc2noc3ccccc23)cc1. The van der Waals surface area contributed by atoms with Crippen molar-refractivity contribution in [2.75, 3.05) is 5.32 Å². The highest BCUT2D eigenvalue weighted by Gasteiger charge is 2.12. The molecule has 0 bridgehead atoms. The number of nitrogens with one attached hydrogen (secondary N) is 1. The lowest BCUT2D eigenvalue weighted by atomic mass is 10.1. The first kappa shape index (κ1) is 16.4. The molecule has 0 radical (unpaired) electrons. The number of para-hydroxylation sites is 1. The number of amides is 1. The highest BCUT2D eigenvalue weighted by Crippen LogP contribution is 2.27. The van der Waals surface area contributed by atoms with Gasteiger partial charge in [0.05, 0.1) is 6.42 Å². The Morgan fingerprint density at radius 3 is 2.77 bits per heavy atom. The van der Waals surface area contributed by atoms with E-state index in [4.69, 9.17) is 4.52 Å². The zero-order chi connectivity index (χ0) is 17.9. The van der Waals surface area contributed by atoms with Crippen molar-refractivity contribution in [2.24, 2.45) is 7.05 Å². The molecule has 4 rings (SSSR count). The fourth-order valence-electron chi connectivity index (χ4n) is 2.58. The van der Waals surface area contributed by atoms with Gasteiger partial charge in [-0.1, -0.05) is 29.1 Å². The van der Waals surface area contributed by atoms with E-state index < -0.39 is 0 Å². The number of aryl methyl sites for hydroxylation is 1. The fraction of sp³-hybridized carbons (Fsp3) is 0.105. The first-order valence-corrected chi connectivity index (χ1v) is 8.89. The number of aromatic nitrogens is 3. The fourth-order valence-corrected chi connectivity index (χ4v) is 3.39. The smallest absolute Gasteiger partial charge is 0.230 e. The minimum Gasteiger partial charge on any atom is -0.356 e. The second kappa shape index (κ2) is 7.05. The molecular weight excluding hydrogens is 348 g/mol. The molecule has 6 nitrogen and oxygen atoms in total. The topological polar surface area (TPSA) is 73.0 Å². The van der Waals surface area contributed by atoms with Crippen LogP contribution in [0.2, 0.25) is 0 Å². The summed E-state index contributed by atoms with van der Waals surface area (Å²) in [5, 5.41) is 8.67. The van der Waals surface area contributed by atoms with Crippen LogP contribution in [-0.2, 0) is 18.3 Å². The van der Waals surface area contributed by atoms with Crippen LogP contribution in [0, 0.1) is 0 Å². The summed E-state index contributed by atoms with van der Waals surface area (Å²) in [6.45, 7) is 0. The number of hydrogen-bond donors (Lipinski definition) is 1. The normalized spacial score (nSPS) is 11.0. The molecule has 26 heavy (non-hydrogen) atoms. The van der Waals surface area contributed by atoms with Gasteiger partial charge in [0.25, 0.3) is 0 Å². The van der Waals surface area contributed by atoms with E-state index >= 15 is 0 Å². The summed E-state index contributed by atoms with van der Waals surface area (Å²) in [6, 6.07) is 15.2.